The number of nitrogens with zero attached hydrogens (tertiary/aromatic N) is 1. The molecule has 2 rings (SSSR count). The van der Waals surface area contributed by atoms with Gasteiger partial charge in [0.2, 0.25) is 5.91 Å². The Morgan fingerprint density at radius 3 is 2.50 bits per heavy atom. The summed E-state index contributed by atoms with van der Waals surface area (Å²) in [5.74, 6) is 1.66. The SMILES string of the molecule is CCC(CC1CCCCC1)C(=O)N1CCCC(CO)C1. The summed E-state index contributed by atoms with van der Waals surface area (Å²) in [4.78, 5) is 14.7. The summed E-state index contributed by atoms with van der Waals surface area (Å²) < 4.78 is 0. The highest BCUT2D eigenvalue weighted by Gasteiger charge is 2.29. The monoisotopic (exact) mass is 281 g/mol. The molecule has 2 fully saturated rings. The predicted octanol–water partition coefficient (Wildman–Crippen LogP) is 3.21. The van der Waals surface area contributed by atoms with Crippen molar-refractivity contribution in [2.75, 3.05) is 19.7 Å². The fourth-order valence-corrected chi connectivity index (χ4v) is 3.94. The van der Waals surface area contributed by atoms with Gasteiger partial charge in [-0.3, -0.25) is 4.79 Å². The standard InChI is InChI=1S/C17H31NO2/c1-2-16(11-14-7-4-3-5-8-14)17(20)18-10-6-9-15(12-18)13-19/h14-16,19H,2-13H2,1H3. The predicted molar refractivity (Wildman–Crippen MR) is 81.4 cm³/mol. The van der Waals surface area contributed by atoms with Gasteiger partial charge in [0, 0.05) is 25.6 Å². The van der Waals surface area contributed by atoms with E-state index in [0.717, 1.165) is 44.7 Å². The molecule has 1 aliphatic carbocycles. The molecule has 1 amide bonds. The zero-order chi connectivity index (χ0) is 14.4. The Kier molecular flexibility index (Phi) is 6.34. The Hall–Kier alpha value is -0.570. The Bertz CT molecular complexity index is 299. The molecule has 1 heterocycles. The zero-order valence-corrected chi connectivity index (χ0v) is 13.0. The van der Waals surface area contributed by atoms with Crippen LogP contribution in [0.5, 0.6) is 0 Å². The summed E-state index contributed by atoms with van der Waals surface area (Å²) in [5.41, 5.74) is 0. The molecule has 0 aromatic rings. The minimum absolute atomic E-state index is 0.218. The van der Waals surface area contributed by atoms with Gasteiger partial charge >= 0.3 is 0 Å². The largest absolute Gasteiger partial charge is 0.396 e. The van der Waals surface area contributed by atoms with E-state index in [1.165, 1.54) is 32.1 Å². The van der Waals surface area contributed by atoms with E-state index in [9.17, 15) is 9.90 Å². The van der Waals surface area contributed by atoms with Crippen LogP contribution in [0.2, 0.25) is 0 Å². The Morgan fingerprint density at radius 2 is 1.85 bits per heavy atom. The van der Waals surface area contributed by atoms with Crippen LogP contribution in [0.4, 0.5) is 0 Å². The summed E-state index contributed by atoms with van der Waals surface area (Å²) in [6.07, 6.45) is 10.9. The van der Waals surface area contributed by atoms with Gasteiger partial charge in [-0.2, -0.15) is 0 Å². The molecule has 1 N–H and O–H groups in total. The van der Waals surface area contributed by atoms with Gasteiger partial charge in [-0.15, -0.1) is 0 Å². The van der Waals surface area contributed by atoms with Crippen molar-refractivity contribution in [1.82, 2.24) is 4.90 Å². The van der Waals surface area contributed by atoms with E-state index in [1.54, 1.807) is 0 Å². The maximum atomic E-state index is 12.7. The van der Waals surface area contributed by atoms with Gasteiger partial charge in [-0.05, 0) is 37.5 Å². The fourth-order valence-electron chi connectivity index (χ4n) is 3.94. The highest BCUT2D eigenvalue weighted by molar-refractivity contribution is 5.78. The quantitative estimate of drug-likeness (QED) is 0.840. The number of hydrogen-bond donors (Lipinski definition) is 1. The maximum Gasteiger partial charge on any atom is 0.225 e. The first-order valence-corrected chi connectivity index (χ1v) is 8.64. The number of aliphatic hydroxyl groups excluding tert-OH is 1. The highest BCUT2D eigenvalue weighted by Crippen LogP contribution is 2.31. The van der Waals surface area contributed by atoms with E-state index in [0.29, 0.717) is 11.8 Å². The first-order chi connectivity index (χ1) is 9.74. The maximum absolute atomic E-state index is 12.7. The average Bonchev–Trinajstić information content (AvgIpc) is 2.53. The molecule has 3 nitrogen and oxygen atoms in total. The number of carbonyl (C=O) groups is 1. The minimum Gasteiger partial charge on any atom is -0.396 e. The number of aliphatic hydroxyl groups is 1. The summed E-state index contributed by atoms with van der Waals surface area (Å²) in [6, 6.07) is 0. The molecular formula is C17H31NO2. The average molecular weight is 281 g/mol. The topological polar surface area (TPSA) is 40.5 Å². The second-order valence-electron chi connectivity index (χ2n) is 6.82. The van der Waals surface area contributed by atoms with E-state index in [4.69, 9.17) is 0 Å². The van der Waals surface area contributed by atoms with Crippen LogP contribution in [0.15, 0.2) is 0 Å². The lowest BCUT2D eigenvalue weighted by atomic mass is 9.81. The lowest BCUT2D eigenvalue weighted by Gasteiger charge is -2.35. The number of rotatable bonds is 5. The summed E-state index contributed by atoms with van der Waals surface area (Å²) in [5, 5.41) is 9.31. The molecule has 20 heavy (non-hydrogen) atoms. The van der Waals surface area contributed by atoms with Crippen molar-refractivity contribution < 1.29 is 9.90 Å². The van der Waals surface area contributed by atoms with Crippen molar-refractivity contribution in [1.29, 1.82) is 0 Å². The molecule has 0 bridgehead atoms. The number of likely N-dealkylation sites (tertiary alicyclic amines) is 1. The minimum atomic E-state index is 0.218. The van der Waals surface area contributed by atoms with Gasteiger partial charge in [0.15, 0.2) is 0 Å². The van der Waals surface area contributed by atoms with E-state index in [2.05, 4.69) is 6.92 Å². The second-order valence-corrected chi connectivity index (χ2v) is 6.82. The molecule has 1 saturated carbocycles. The molecule has 1 aliphatic heterocycles. The van der Waals surface area contributed by atoms with Crippen molar-refractivity contribution in [2.45, 2.75) is 64.7 Å². The Labute approximate surface area is 123 Å². The van der Waals surface area contributed by atoms with Gasteiger partial charge in [-0.1, -0.05) is 39.0 Å². The van der Waals surface area contributed by atoms with Crippen molar-refractivity contribution >= 4 is 5.91 Å². The van der Waals surface area contributed by atoms with Gasteiger partial charge in [0.25, 0.3) is 0 Å². The molecule has 3 heteroatoms. The van der Waals surface area contributed by atoms with Crippen LogP contribution >= 0.6 is 0 Å². The number of carbonyl (C=O) groups excluding carboxylic acids is 1. The molecule has 1 saturated heterocycles. The van der Waals surface area contributed by atoms with Gasteiger partial charge in [0.05, 0.1) is 0 Å². The second kappa shape index (κ2) is 8.02. The smallest absolute Gasteiger partial charge is 0.225 e. The molecule has 116 valence electrons. The van der Waals surface area contributed by atoms with Gasteiger partial charge in [-0.25, -0.2) is 0 Å². The number of piperidine rings is 1. The molecule has 0 spiro atoms. The van der Waals surface area contributed by atoms with E-state index >= 15 is 0 Å². The van der Waals surface area contributed by atoms with Crippen LogP contribution in [0.25, 0.3) is 0 Å². The van der Waals surface area contributed by atoms with Crippen molar-refractivity contribution in [2.24, 2.45) is 17.8 Å². The highest BCUT2D eigenvalue weighted by atomic mass is 16.3. The summed E-state index contributed by atoms with van der Waals surface area (Å²) >= 11 is 0. The van der Waals surface area contributed by atoms with E-state index < -0.39 is 0 Å². The third-order valence-electron chi connectivity index (χ3n) is 5.27. The molecule has 2 aliphatic rings. The first-order valence-electron chi connectivity index (χ1n) is 8.64. The van der Waals surface area contributed by atoms with Crippen molar-refractivity contribution in [3.8, 4) is 0 Å². The zero-order valence-electron chi connectivity index (χ0n) is 13.0. The first kappa shape index (κ1) is 15.8. The van der Waals surface area contributed by atoms with Crippen LogP contribution in [0, 0.1) is 17.8 Å². The fraction of sp³-hybridized carbons (Fsp3) is 0.941. The van der Waals surface area contributed by atoms with Crippen LogP contribution < -0.4 is 0 Å². The van der Waals surface area contributed by atoms with Gasteiger partial charge in [0.1, 0.15) is 0 Å². The van der Waals surface area contributed by atoms with Gasteiger partial charge < -0.3 is 10.0 Å². The number of hydrogen-bond acceptors (Lipinski definition) is 2. The lowest BCUT2D eigenvalue weighted by Crippen LogP contribution is -2.44. The van der Waals surface area contributed by atoms with Crippen LogP contribution in [-0.4, -0.2) is 35.6 Å². The Morgan fingerprint density at radius 1 is 1.15 bits per heavy atom. The molecule has 2 unspecified atom stereocenters. The third kappa shape index (κ3) is 4.21. The normalized spacial score (nSPS) is 26.5. The van der Waals surface area contributed by atoms with Crippen molar-refractivity contribution in [3.05, 3.63) is 0 Å². The molecule has 0 aromatic heterocycles. The molecule has 0 radical (unpaired) electrons. The third-order valence-corrected chi connectivity index (χ3v) is 5.27. The lowest BCUT2D eigenvalue weighted by molar-refractivity contribution is -0.138. The number of amides is 1. The van der Waals surface area contributed by atoms with Crippen LogP contribution in [0.3, 0.4) is 0 Å². The van der Waals surface area contributed by atoms with Crippen LogP contribution in [0.1, 0.15) is 64.7 Å². The van der Waals surface area contributed by atoms with E-state index in [1.807, 2.05) is 4.90 Å². The Balaban J connectivity index is 1.87. The van der Waals surface area contributed by atoms with Crippen molar-refractivity contribution in [3.63, 3.8) is 0 Å². The molecule has 2 atom stereocenters. The molecular weight excluding hydrogens is 250 g/mol. The summed E-state index contributed by atoms with van der Waals surface area (Å²) in [7, 11) is 0. The molecule has 0 aromatic carbocycles. The summed E-state index contributed by atoms with van der Waals surface area (Å²) in [6.45, 7) is 4.05. The van der Waals surface area contributed by atoms with E-state index in [-0.39, 0.29) is 12.5 Å². The van der Waals surface area contributed by atoms with Crippen LogP contribution in [-0.2, 0) is 4.79 Å².